The standard InChI is InChI=1S/C17H19ClN2O2S/c1-12(13-4-3-5-15(18)10-13)20(2)16(21)6-8-19-17(22)14-7-9-23-11-14/h3-5,7,9-12H,6,8H2,1-2H3,(H,19,22). The van der Waals surface area contributed by atoms with E-state index < -0.39 is 0 Å². The lowest BCUT2D eigenvalue weighted by atomic mass is 10.1. The lowest BCUT2D eigenvalue weighted by molar-refractivity contribution is -0.131. The fourth-order valence-corrected chi connectivity index (χ4v) is 3.00. The van der Waals surface area contributed by atoms with Gasteiger partial charge in [-0.2, -0.15) is 11.3 Å². The maximum absolute atomic E-state index is 12.3. The summed E-state index contributed by atoms with van der Waals surface area (Å²) >= 11 is 7.46. The van der Waals surface area contributed by atoms with Crippen LogP contribution < -0.4 is 5.32 Å². The quantitative estimate of drug-likeness (QED) is 0.862. The molecule has 2 amide bonds. The molecule has 0 bridgehead atoms. The van der Waals surface area contributed by atoms with Crippen molar-refractivity contribution in [3.63, 3.8) is 0 Å². The van der Waals surface area contributed by atoms with Crippen LogP contribution in [0.5, 0.6) is 0 Å². The van der Waals surface area contributed by atoms with E-state index in [1.54, 1.807) is 29.5 Å². The molecular weight excluding hydrogens is 332 g/mol. The van der Waals surface area contributed by atoms with Crippen molar-refractivity contribution in [2.45, 2.75) is 19.4 Å². The van der Waals surface area contributed by atoms with Crippen molar-refractivity contribution < 1.29 is 9.59 Å². The van der Waals surface area contributed by atoms with Crippen LogP contribution in [0.1, 0.15) is 35.3 Å². The zero-order valence-electron chi connectivity index (χ0n) is 13.1. The van der Waals surface area contributed by atoms with Crippen LogP contribution in [-0.2, 0) is 4.79 Å². The smallest absolute Gasteiger partial charge is 0.252 e. The zero-order valence-corrected chi connectivity index (χ0v) is 14.7. The Labute approximate surface area is 145 Å². The second kappa shape index (κ2) is 8.13. The van der Waals surface area contributed by atoms with Crippen LogP contribution in [0.15, 0.2) is 41.1 Å². The van der Waals surface area contributed by atoms with Gasteiger partial charge in [0.25, 0.3) is 5.91 Å². The summed E-state index contributed by atoms with van der Waals surface area (Å²) in [6.45, 7) is 2.27. The van der Waals surface area contributed by atoms with Crippen LogP contribution in [0, 0.1) is 0 Å². The molecule has 1 aromatic carbocycles. The first kappa shape index (κ1) is 17.5. The molecule has 0 spiro atoms. The number of nitrogens with zero attached hydrogens (tertiary/aromatic N) is 1. The fourth-order valence-electron chi connectivity index (χ4n) is 2.16. The Morgan fingerprint density at radius 3 is 2.78 bits per heavy atom. The summed E-state index contributed by atoms with van der Waals surface area (Å²) in [6, 6.07) is 9.16. The Morgan fingerprint density at radius 1 is 1.35 bits per heavy atom. The lowest BCUT2D eigenvalue weighted by Crippen LogP contribution is -2.33. The van der Waals surface area contributed by atoms with Gasteiger partial charge in [-0.15, -0.1) is 0 Å². The molecule has 1 unspecified atom stereocenters. The minimum Gasteiger partial charge on any atom is -0.351 e. The Bertz CT molecular complexity index is 673. The van der Waals surface area contributed by atoms with Gasteiger partial charge in [0.05, 0.1) is 6.04 Å². The number of benzene rings is 1. The van der Waals surface area contributed by atoms with Gasteiger partial charge in [0.15, 0.2) is 0 Å². The predicted octanol–water partition coefficient (Wildman–Crippen LogP) is 3.74. The van der Waals surface area contributed by atoms with Gasteiger partial charge in [0, 0.05) is 36.0 Å². The van der Waals surface area contributed by atoms with Crippen molar-refractivity contribution in [1.82, 2.24) is 10.2 Å². The molecule has 1 aromatic heterocycles. The molecule has 2 rings (SSSR count). The number of hydrogen-bond donors (Lipinski definition) is 1. The highest BCUT2D eigenvalue weighted by Gasteiger charge is 2.17. The number of amides is 2. The zero-order chi connectivity index (χ0) is 16.8. The van der Waals surface area contributed by atoms with E-state index in [0.29, 0.717) is 17.1 Å². The van der Waals surface area contributed by atoms with Crippen molar-refractivity contribution in [1.29, 1.82) is 0 Å². The summed E-state index contributed by atoms with van der Waals surface area (Å²) in [4.78, 5) is 25.7. The van der Waals surface area contributed by atoms with Crippen molar-refractivity contribution in [2.24, 2.45) is 0 Å². The van der Waals surface area contributed by atoms with Gasteiger partial charge in [0.2, 0.25) is 5.91 Å². The van der Waals surface area contributed by atoms with E-state index in [9.17, 15) is 9.59 Å². The van der Waals surface area contributed by atoms with Crippen molar-refractivity contribution in [3.8, 4) is 0 Å². The highest BCUT2D eigenvalue weighted by molar-refractivity contribution is 7.08. The molecule has 0 fully saturated rings. The monoisotopic (exact) mass is 350 g/mol. The number of hydrogen-bond acceptors (Lipinski definition) is 3. The van der Waals surface area contributed by atoms with Gasteiger partial charge >= 0.3 is 0 Å². The molecule has 0 saturated carbocycles. The van der Waals surface area contributed by atoms with Gasteiger partial charge in [-0.05, 0) is 36.1 Å². The predicted molar refractivity (Wildman–Crippen MR) is 93.9 cm³/mol. The van der Waals surface area contributed by atoms with E-state index in [1.807, 2.05) is 30.5 Å². The molecule has 0 aliphatic rings. The van der Waals surface area contributed by atoms with Gasteiger partial charge in [-0.1, -0.05) is 23.7 Å². The van der Waals surface area contributed by atoms with Gasteiger partial charge in [-0.25, -0.2) is 0 Å². The van der Waals surface area contributed by atoms with Crippen LogP contribution in [0.25, 0.3) is 0 Å². The Kier molecular flexibility index (Phi) is 6.19. The maximum atomic E-state index is 12.3. The third-order valence-corrected chi connectivity index (χ3v) is 4.63. The van der Waals surface area contributed by atoms with E-state index in [-0.39, 0.29) is 24.3 Å². The highest BCUT2D eigenvalue weighted by Crippen LogP contribution is 2.22. The van der Waals surface area contributed by atoms with Crippen LogP contribution in [0.3, 0.4) is 0 Å². The Balaban J connectivity index is 1.84. The van der Waals surface area contributed by atoms with Gasteiger partial charge in [-0.3, -0.25) is 9.59 Å². The molecule has 0 aliphatic carbocycles. The normalized spacial score (nSPS) is 11.8. The average Bonchev–Trinajstić information content (AvgIpc) is 3.07. The second-order valence-electron chi connectivity index (χ2n) is 5.25. The third kappa shape index (κ3) is 4.81. The van der Waals surface area contributed by atoms with E-state index in [4.69, 9.17) is 11.6 Å². The summed E-state index contributed by atoms with van der Waals surface area (Å²) in [5.74, 6) is -0.173. The van der Waals surface area contributed by atoms with Crippen LogP contribution in [0.4, 0.5) is 0 Å². The number of rotatable bonds is 6. The van der Waals surface area contributed by atoms with E-state index in [0.717, 1.165) is 5.56 Å². The first-order chi connectivity index (χ1) is 11.0. The average molecular weight is 351 g/mol. The summed E-state index contributed by atoms with van der Waals surface area (Å²) in [7, 11) is 1.76. The van der Waals surface area contributed by atoms with Gasteiger partial charge in [0.1, 0.15) is 0 Å². The topological polar surface area (TPSA) is 49.4 Å². The molecule has 1 atom stereocenters. The minimum atomic E-state index is -0.149. The van der Waals surface area contributed by atoms with E-state index in [2.05, 4.69) is 5.32 Å². The number of thiophene rings is 1. The van der Waals surface area contributed by atoms with Crippen molar-refractivity contribution in [2.75, 3.05) is 13.6 Å². The molecular formula is C17H19ClN2O2S. The maximum Gasteiger partial charge on any atom is 0.252 e. The van der Waals surface area contributed by atoms with Gasteiger partial charge < -0.3 is 10.2 Å². The molecule has 4 nitrogen and oxygen atoms in total. The third-order valence-electron chi connectivity index (χ3n) is 3.71. The number of carbonyl (C=O) groups is 2. The molecule has 0 aliphatic heterocycles. The number of halogens is 1. The van der Waals surface area contributed by atoms with E-state index >= 15 is 0 Å². The highest BCUT2D eigenvalue weighted by atomic mass is 35.5. The van der Waals surface area contributed by atoms with E-state index in [1.165, 1.54) is 11.3 Å². The Morgan fingerprint density at radius 2 is 2.13 bits per heavy atom. The molecule has 1 N–H and O–H groups in total. The fraction of sp³-hybridized carbons (Fsp3) is 0.294. The van der Waals surface area contributed by atoms with Crippen LogP contribution in [0.2, 0.25) is 5.02 Å². The van der Waals surface area contributed by atoms with Crippen LogP contribution >= 0.6 is 22.9 Å². The summed E-state index contributed by atoms with van der Waals surface area (Å²) in [6.07, 6.45) is 0.261. The molecule has 2 aromatic rings. The summed E-state index contributed by atoms with van der Waals surface area (Å²) in [5, 5.41) is 7.04. The number of carbonyl (C=O) groups excluding carboxylic acids is 2. The first-order valence-corrected chi connectivity index (χ1v) is 8.62. The molecule has 122 valence electrons. The first-order valence-electron chi connectivity index (χ1n) is 7.30. The van der Waals surface area contributed by atoms with Crippen molar-refractivity contribution in [3.05, 3.63) is 57.2 Å². The second-order valence-corrected chi connectivity index (χ2v) is 6.47. The lowest BCUT2D eigenvalue weighted by Gasteiger charge is -2.25. The van der Waals surface area contributed by atoms with Crippen molar-refractivity contribution >= 4 is 34.8 Å². The molecule has 0 saturated heterocycles. The summed E-state index contributed by atoms with van der Waals surface area (Å²) < 4.78 is 0. The minimum absolute atomic E-state index is 0.0249. The van der Waals surface area contributed by atoms with Crippen LogP contribution in [-0.4, -0.2) is 30.3 Å². The Hall–Kier alpha value is -1.85. The molecule has 0 radical (unpaired) electrons. The SMILES string of the molecule is CC(c1cccc(Cl)c1)N(C)C(=O)CCNC(=O)c1ccsc1. The molecule has 23 heavy (non-hydrogen) atoms. The number of nitrogens with one attached hydrogen (secondary N) is 1. The summed E-state index contributed by atoms with van der Waals surface area (Å²) in [5.41, 5.74) is 1.61. The molecule has 1 heterocycles. The largest absolute Gasteiger partial charge is 0.351 e. The molecule has 6 heteroatoms.